The fourth-order valence-corrected chi connectivity index (χ4v) is 2.27. The predicted molar refractivity (Wildman–Crippen MR) is 88.7 cm³/mol. The van der Waals surface area contributed by atoms with Crippen molar-refractivity contribution < 1.29 is 4.52 Å². The Balaban J connectivity index is 2.00. The lowest BCUT2D eigenvalue weighted by Gasteiger charge is -2.18. The summed E-state index contributed by atoms with van der Waals surface area (Å²) in [7, 11) is 0. The number of aromatic nitrogens is 4. The smallest absolute Gasteiger partial charge is 0.226 e. The lowest BCUT2D eigenvalue weighted by atomic mass is 10.1. The molecule has 0 fully saturated rings. The SMILES string of the molecule is CCN(Cc1ccnc(C(C)C)n1)Cc1noc(CC(C)C)n1. The molecule has 0 saturated heterocycles. The lowest BCUT2D eigenvalue weighted by Crippen LogP contribution is -2.24. The van der Waals surface area contributed by atoms with Crippen LogP contribution in [0.15, 0.2) is 16.8 Å². The van der Waals surface area contributed by atoms with Gasteiger partial charge in [-0.25, -0.2) is 9.97 Å². The van der Waals surface area contributed by atoms with Gasteiger partial charge in [-0.15, -0.1) is 0 Å². The van der Waals surface area contributed by atoms with Crippen LogP contribution in [0.4, 0.5) is 0 Å². The van der Waals surface area contributed by atoms with Crippen molar-refractivity contribution >= 4 is 0 Å². The van der Waals surface area contributed by atoms with Gasteiger partial charge in [-0.2, -0.15) is 4.98 Å². The highest BCUT2D eigenvalue weighted by atomic mass is 16.5. The highest BCUT2D eigenvalue weighted by Crippen LogP contribution is 2.12. The van der Waals surface area contributed by atoms with Gasteiger partial charge in [-0.1, -0.05) is 39.8 Å². The van der Waals surface area contributed by atoms with Crippen LogP contribution < -0.4 is 0 Å². The molecule has 0 atom stereocenters. The summed E-state index contributed by atoms with van der Waals surface area (Å²) in [6.45, 7) is 12.9. The zero-order valence-electron chi connectivity index (χ0n) is 14.8. The first-order valence-electron chi connectivity index (χ1n) is 8.33. The highest BCUT2D eigenvalue weighted by molar-refractivity contribution is 5.05. The van der Waals surface area contributed by atoms with E-state index in [1.54, 1.807) is 0 Å². The maximum absolute atomic E-state index is 5.31. The van der Waals surface area contributed by atoms with Gasteiger partial charge in [0.1, 0.15) is 5.82 Å². The van der Waals surface area contributed by atoms with Crippen LogP contribution in [0.3, 0.4) is 0 Å². The molecule has 23 heavy (non-hydrogen) atoms. The van der Waals surface area contributed by atoms with E-state index in [0.717, 1.165) is 42.7 Å². The summed E-state index contributed by atoms with van der Waals surface area (Å²) >= 11 is 0. The molecule has 2 rings (SSSR count). The number of hydrogen-bond acceptors (Lipinski definition) is 6. The van der Waals surface area contributed by atoms with Crippen molar-refractivity contribution in [2.75, 3.05) is 6.54 Å². The Hall–Kier alpha value is -1.82. The third-order valence-corrected chi connectivity index (χ3v) is 3.54. The number of nitrogens with zero attached hydrogens (tertiary/aromatic N) is 5. The van der Waals surface area contributed by atoms with Gasteiger partial charge >= 0.3 is 0 Å². The average molecular weight is 317 g/mol. The Bertz CT molecular complexity index is 609. The molecule has 0 radical (unpaired) electrons. The predicted octanol–water partition coefficient (Wildman–Crippen LogP) is 3.20. The van der Waals surface area contributed by atoms with Gasteiger partial charge in [0, 0.05) is 25.1 Å². The summed E-state index contributed by atoms with van der Waals surface area (Å²) in [5.41, 5.74) is 1.02. The molecule has 0 aliphatic heterocycles. The van der Waals surface area contributed by atoms with Crippen LogP contribution in [0.25, 0.3) is 0 Å². The molecule has 2 heterocycles. The molecule has 0 spiro atoms. The Morgan fingerprint density at radius 3 is 2.57 bits per heavy atom. The van der Waals surface area contributed by atoms with Crippen molar-refractivity contribution in [3.63, 3.8) is 0 Å². The largest absolute Gasteiger partial charge is 0.339 e. The van der Waals surface area contributed by atoms with Crippen molar-refractivity contribution in [2.45, 2.75) is 60.0 Å². The first-order chi connectivity index (χ1) is 11.0. The van der Waals surface area contributed by atoms with Gasteiger partial charge in [-0.05, 0) is 18.5 Å². The summed E-state index contributed by atoms with van der Waals surface area (Å²) in [5.74, 6) is 3.19. The topological polar surface area (TPSA) is 67.9 Å². The third kappa shape index (κ3) is 5.39. The van der Waals surface area contributed by atoms with Crippen LogP contribution in [0, 0.1) is 5.92 Å². The standard InChI is InChI=1S/C17H27N5O/c1-6-22(10-14-7-8-18-17(19-14)13(4)5)11-15-20-16(23-21-15)9-12(2)3/h7-8,12-13H,6,9-11H2,1-5H3. The zero-order chi connectivity index (χ0) is 16.8. The van der Waals surface area contributed by atoms with E-state index in [4.69, 9.17) is 4.52 Å². The minimum atomic E-state index is 0.334. The van der Waals surface area contributed by atoms with Crippen molar-refractivity contribution in [1.29, 1.82) is 0 Å². The second kappa shape index (κ2) is 8.15. The third-order valence-electron chi connectivity index (χ3n) is 3.54. The van der Waals surface area contributed by atoms with Crippen molar-refractivity contribution in [3.8, 4) is 0 Å². The quantitative estimate of drug-likeness (QED) is 0.745. The average Bonchev–Trinajstić information content (AvgIpc) is 2.93. The number of rotatable bonds is 8. The first kappa shape index (κ1) is 17.5. The maximum atomic E-state index is 5.31. The van der Waals surface area contributed by atoms with Crippen LogP contribution in [-0.4, -0.2) is 31.6 Å². The van der Waals surface area contributed by atoms with Crippen LogP contribution >= 0.6 is 0 Å². The molecule has 6 nitrogen and oxygen atoms in total. The Kier molecular flexibility index (Phi) is 6.21. The second-order valence-electron chi connectivity index (χ2n) is 6.57. The second-order valence-corrected chi connectivity index (χ2v) is 6.57. The van der Waals surface area contributed by atoms with Gasteiger partial charge < -0.3 is 4.52 Å². The van der Waals surface area contributed by atoms with Crippen molar-refractivity contribution in [2.24, 2.45) is 5.92 Å². The van der Waals surface area contributed by atoms with Crippen LogP contribution in [0.5, 0.6) is 0 Å². The highest BCUT2D eigenvalue weighted by Gasteiger charge is 2.13. The van der Waals surface area contributed by atoms with E-state index in [2.05, 4.69) is 59.6 Å². The Labute approximate surface area is 138 Å². The van der Waals surface area contributed by atoms with Crippen molar-refractivity contribution in [3.05, 3.63) is 35.5 Å². The van der Waals surface area contributed by atoms with E-state index in [-0.39, 0.29) is 0 Å². The van der Waals surface area contributed by atoms with E-state index >= 15 is 0 Å². The molecule has 0 amide bonds. The lowest BCUT2D eigenvalue weighted by molar-refractivity contribution is 0.255. The van der Waals surface area contributed by atoms with E-state index in [1.165, 1.54) is 0 Å². The summed E-state index contributed by atoms with van der Waals surface area (Å²) < 4.78 is 5.31. The maximum Gasteiger partial charge on any atom is 0.226 e. The van der Waals surface area contributed by atoms with Crippen LogP contribution in [0.1, 0.15) is 63.8 Å². The van der Waals surface area contributed by atoms with Gasteiger partial charge in [0.15, 0.2) is 5.82 Å². The van der Waals surface area contributed by atoms with Gasteiger partial charge in [0.05, 0.1) is 12.2 Å². The molecule has 2 aromatic rings. The summed E-state index contributed by atoms with van der Waals surface area (Å²) in [4.78, 5) is 15.7. The minimum absolute atomic E-state index is 0.334. The Morgan fingerprint density at radius 1 is 1.13 bits per heavy atom. The summed E-state index contributed by atoms with van der Waals surface area (Å²) in [6, 6.07) is 1.97. The molecule has 0 aliphatic rings. The van der Waals surface area contributed by atoms with Crippen LogP contribution in [0.2, 0.25) is 0 Å². The Morgan fingerprint density at radius 2 is 1.91 bits per heavy atom. The molecule has 0 saturated carbocycles. The minimum Gasteiger partial charge on any atom is -0.339 e. The molecule has 6 heteroatoms. The van der Waals surface area contributed by atoms with E-state index in [1.807, 2.05) is 12.3 Å². The molecule has 2 aromatic heterocycles. The molecular weight excluding hydrogens is 290 g/mol. The van der Waals surface area contributed by atoms with Crippen LogP contribution in [-0.2, 0) is 19.5 Å². The molecule has 0 aliphatic carbocycles. The molecule has 0 aromatic carbocycles. The monoisotopic (exact) mass is 317 g/mol. The zero-order valence-corrected chi connectivity index (χ0v) is 14.8. The van der Waals surface area contributed by atoms with Gasteiger partial charge in [0.2, 0.25) is 5.89 Å². The molecule has 0 N–H and O–H groups in total. The molecule has 126 valence electrons. The van der Waals surface area contributed by atoms with E-state index < -0.39 is 0 Å². The van der Waals surface area contributed by atoms with E-state index in [9.17, 15) is 0 Å². The molecule has 0 unspecified atom stereocenters. The summed E-state index contributed by atoms with van der Waals surface area (Å²) in [5, 5.41) is 4.08. The normalized spacial score (nSPS) is 11.8. The fourth-order valence-electron chi connectivity index (χ4n) is 2.27. The van der Waals surface area contributed by atoms with Gasteiger partial charge in [0.25, 0.3) is 0 Å². The first-order valence-corrected chi connectivity index (χ1v) is 8.33. The summed E-state index contributed by atoms with van der Waals surface area (Å²) in [6.07, 6.45) is 2.66. The van der Waals surface area contributed by atoms with E-state index in [0.29, 0.717) is 18.4 Å². The molecular formula is C17H27N5O. The van der Waals surface area contributed by atoms with Crippen molar-refractivity contribution in [1.82, 2.24) is 25.0 Å². The number of hydrogen-bond donors (Lipinski definition) is 0. The molecule has 0 bridgehead atoms. The van der Waals surface area contributed by atoms with Gasteiger partial charge in [-0.3, -0.25) is 4.90 Å². The fraction of sp³-hybridized carbons (Fsp3) is 0.647.